The number of anilines is 1. The lowest BCUT2D eigenvalue weighted by Gasteiger charge is -2.06. The summed E-state index contributed by atoms with van der Waals surface area (Å²) in [6.45, 7) is -0.325. The van der Waals surface area contributed by atoms with Crippen molar-refractivity contribution in [1.29, 1.82) is 0 Å². The molecule has 0 saturated heterocycles. The van der Waals surface area contributed by atoms with Gasteiger partial charge in [-0.1, -0.05) is 5.21 Å². The molecule has 0 aliphatic heterocycles. The third-order valence-corrected chi connectivity index (χ3v) is 3.10. The van der Waals surface area contributed by atoms with Crippen molar-refractivity contribution >= 4 is 28.9 Å². The molecule has 122 valence electrons. The molecule has 3 aromatic heterocycles. The fourth-order valence-corrected chi connectivity index (χ4v) is 1.96. The SMILES string of the molecule is NC(=O)CNC(=O)c1[nH]ncc1NC(=O)c1ccc2cnnn2c1. The van der Waals surface area contributed by atoms with E-state index < -0.39 is 17.7 Å². The summed E-state index contributed by atoms with van der Waals surface area (Å²) in [6.07, 6.45) is 4.34. The van der Waals surface area contributed by atoms with Crippen LogP contribution in [0, 0.1) is 0 Å². The number of nitrogens with zero attached hydrogens (tertiary/aromatic N) is 4. The maximum atomic E-state index is 12.3. The molecule has 24 heavy (non-hydrogen) atoms. The number of hydrogen-bond acceptors (Lipinski definition) is 6. The second-order valence-electron chi connectivity index (χ2n) is 4.78. The monoisotopic (exact) mass is 328 g/mol. The Balaban J connectivity index is 1.76. The third-order valence-electron chi connectivity index (χ3n) is 3.10. The van der Waals surface area contributed by atoms with Crippen LogP contribution in [0.15, 0.2) is 30.7 Å². The minimum atomic E-state index is -0.686. The van der Waals surface area contributed by atoms with Gasteiger partial charge in [0.05, 0.1) is 35.7 Å². The molecular formula is C13H12N8O3. The van der Waals surface area contributed by atoms with Gasteiger partial charge < -0.3 is 16.4 Å². The maximum Gasteiger partial charge on any atom is 0.271 e. The highest BCUT2D eigenvalue weighted by Gasteiger charge is 2.17. The first-order chi connectivity index (χ1) is 11.5. The molecule has 5 N–H and O–H groups in total. The number of amides is 3. The summed E-state index contributed by atoms with van der Waals surface area (Å²) in [4.78, 5) is 34.9. The van der Waals surface area contributed by atoms with E-state index >= 15 is 0 Å². The number of aromatic nitrogens is 5. The molecule has 0 spiro atoms. The smallest absolute Gasteiger partial charge is 0.271 e. The van der Waals surface area contributed by atoms with Gasteiger partial charge in [-0.15, -0.1) is 5.10 Å². The number of primary amides is 1. The van der Waals surface area contributed by atoms with Crippen molar-refractivity contribution in [2.45, 2.75) is 0 Å². The fraction of sp³-hybridized carbons (Fsp3) is 0.0769. The Morgan fingerprint density at radius 3 is 2.83 bits per heavy atom. The number of pyridine rings is 1. The molecule has 0 aliphatic carbocycles. The number of carbonyl (C=O) groups is 3. The van der Waals surface area contributed by atoms with E-state index in [1.54, 1.807) is 18.3 Å². The van der Waals surface area contributed by atoms with Crippen LogP contribution in [0.25, 0.3) is 5.52 Å². The first kappa shape index (κ1) is 15.1. The molecule has 0 radical (unpaired) electrons. The van der Waals surface area contributed by atoms with E-state index in [0.717, 1.165) is 5.52 Å². The number of carbonyl (C=O) groups excluding carboxylic acids is 3. The molecule has 0 aliphatic rings. The van der Waals surface area contributed by atoms with Crippen molar-refractivity contribution in [2.24, 2.45) is 5.73 Å². The number of hydrogen-bond donors (Lipinski definition) is 4. The number of H-pyrrole nitrogens is 1. The minimum absolute atomic E-state index is 0.00596. The Labute approximate surface area is 134 Å². The van der Waals surface area contributed by atoms with Gasteiger partial charge in [0.15, 0.2) is 0 Å². The van der Waals surface area contributed by atoms with Crippen LogP contribution in [-0.2, 0) is 4.79 Å². The van der Waals surface area contributed by atoms with Crippen LogP contribution in [0.3, 0.4) is 0 Å². The number of nitrogens with one attached hydrogen (secondary N) is 3. The van der Waals surface area contributed by atoms with Crippen LogP contribution < -0.4 is 16.4 Å². The Morgan fingerprint density at radius 2 is 2.04 bits per heavy atom. The average molecular weight is 328 g/mol. The van der Waals surface area contributed by atoms with Crippen molar-refractivity contribution in [3.05, 3.63) is 42.0 Å². The van der Waals surface area contributed by atoms with Gasteiger partial charge >= 0.3 is 0 Å². The predicted octanol–water partition coefficient (Wildman–Crippen LogP) is -1.08. The second kappa shape index (κ2) is 6.16. The third kappa shape index (κ3) is 3.04. The molecule has 0 unspecified atom stereocenters. The molecule has 0 bridgehead atoms. The highest BCUT2D eigenvalue weighted by molar-refractivity contribution is 6.08. The van der Waals surface area contributed by atoms with E-state index in [-0.39, 0.29) is 17.9 Å². The molecule has 0 fully saturated rings. The highest BCUT2D eigenvalue weighted by Crippen LogP contribution is 2.13. The standard InChI is InChI=1S/C13H12N8O3/c14-10(22)5-15-13(24)11-9(4-16-19-11)18-12(23)7-1-2-8-3-17-20-21(8)6-7/h1-4,6H,5H2,(H2,14,22)(H,15,24)(H,16,19)(H,18,23). The van der Waals surface area contributed by atoms with Crippen LogP contribution in [0.1, 0.15) is 20.8 Å². The molecule has 0 aromatic carbocycles. The van der Waals surface area contributed by atoms with Gasteiger partial charge in [0.2, 0.25) is 5.91 Å². The second-order valence-corrected chi connectivity index (χ2v) is 4.78. The van der Waals surface area contributed by atoms with E-state index in [0.29, 0.717) is 5.56 Å². The molecule has 0 atom stereocenters. The quantitative estimate of drug-likeness (QED) is 0.466. The summed E-state index contributed by atoms with van der Waals surface area (Å²) in [7, 11) is 0. The van der Waals surface area contributed by atoms with Gasteiger partial charge in [-0.25, -0.2) is 4.52 Å². The van der Waals surface area contributed by atoms with Crippen molar-refractivity contribution < 1.29 is 14.4 Å². The van der Waals surface area contributed by atoms with Gasteiger partial charge in [0.1, 0.15) is 5.69 Å². The van der Waals surface area contributed by atoms with E-state index in [4.69, 9.17) is 5.73 Å². The zero-order valence-corrected chi connectivity index (χ0v) is 12.2. The zero-order valence-electron chi connectivity index (χ0n) is 12.2. The van der Waals surface area contributed by atoms with Crippen LogP contribution >= 0.6 is 0 Å². The van der Waals surface area contributed by atoms with Crippen molar-refractivity contribution in [1.82, 2.24) is 30.3 Å². The summed E-state index contributed by atoms with van der Waals surface area (Å²) < 4.78 is 1.45. The number of fused-ring (bicyclic) bond motifs is 1. The normalized spacial score (nSPS) is 10.5. The Kier molecular flexibility index (Phi) is 3.89. The van der Waals surface area contributed by atoms with Crippen LogP contribution in [0.2, 0.25) is 0 Å². The molecule has 11 heteroatoms. The number of nitrogens with two attached hydrogens (primary N) is 1. The largest absolute Gasteiger partial charge is 0.368 e. The van der Waals surface area contributed by atoms with Gasteiger partial charge in [-0.2, -0.15) is 5.10 Å². The molecule has 0 saturated carbocycles. The van der Waals surface area contributed by atoms with E-state index in [1.807, 2.05) is 0 Å². The van der Waals surface area contributed by atoms with E-state index in [1.165, 1.54) is 16.9 Å². The van der Waals surface area contributed by atoms with Gasteiger partial charge in [0.25, 0.3) is 11.8 Å². The van der Waals surface area contributed by atoms with Crippen molar-refractivity contribution in [2.75, 3.05) is 11.9 Å². The van der Waals surface area contributed by atoms with Gasteiger partial charge in [-0.05, 0) is 12.1 Å². The van der Waals surface area contributed by atoms with Gasteiger partial charge in [0, 0.05) is 6.20 Å². The number of rotatable bonds is 5. The van der Waals surface area contributed by atoms with Crippen molar-refractivity contribution in [3.8, 4) is 0 Å². The molecule has 3 amide bonds. The molecule has 3 rings (SSSR count). The van der Waals surface area contributed by atoms with Gasteiger partial charge in [-0.3, -0.25) is 19.5 Å². The van der Waals surface area contributed by atoms with E-state index in [9.17, 15) is 14.4 Å². The fourth-order valence-electron chi connectivity index (χ4n) is 1.96. The Bertz CT molecular complexity index is 928. The van der Waals surface area contributed by atoms with Crippen LogP contribution in [-0.4, -0.2) is 49.3 Å². The lowest BCUT2D eigenvalue weighted by atomic mass is 10.2. The molecule has 11 nitrogen and oxygen atoms in total. The zero-order chi connectivity index (χ0) is 17.1. The maximum absolute atomic E-state index is 12.3. The van der Waals surface area contributed by atoms with E-state index in [2.05, 4.69) is 31.1 Å². The summed E-state index contributed by atoms with van der Waals surface area (Å²) in [6, 6.07) is 3.28. The summed E-state index contributed by atoms with van der Waals surface area (Å²) >= 11 is 0. The Morgan fingerprint density at radius 1 is 1.21 bits per heavy atom. The summed E-state index contributed by atoms with van der Waals surface area (Å²) in [5.41, 5.74) is 6.19. The number of aromatic amines is 1. The highest BCUT2D eigenvalue weighted by atomic mass is 16.2. The average Bonchev–Trinajstić information content (AvgIpc) is 3.20. The molecular weight excluding hydrogens is 316 g/mol. The minimum Gasteiger partial charge on any atom is -0.368 e. The topological polar surface area (TPSA) is 160 Å². The Hall–Kier alpha value is -3.76. The molecule has 3 heterocycles. The first-order valence-electron chi connectivity index (χ1n) is 6.76. The molecule has 3 aromatic rings. The summed E-state index contributed by atoms with van der Waals surface area (Å²) in [5, 5.41) is 18.6. The lowest BCUT2D eigenvalue weighted by Crippen LogP contribution is -2.34. The van der Waals surface area contributed by atoms with Crippen molar-refractivity contribution in [3.63, 3.8) is 0 Å². The predicted molar refractivity (Wildman–Crippen MR) is 81.1 cm³/mol. The lowest BCUT2D eigenvalue weighted by molar-refractivity contribution is -0.117. The summed E-state index contributed by atoms with van der Waals surface area (Å²) in [5.74, 6) is -1.76. The first-order valence-corrected chi connectivity index (χ1v) is 6.76. The van der Waals surface area contributed by atoms with Crippen LogP contribution in [0.4, 0.5) is 5.69 Å². The van der Waals surface area contributed by atoms with Crippen LogP contribution in [0.5, 0.6) is 0 Å².